The van der Waals surface area contributed by atoms with E-state index in [1.54, 1.807) is 26.0 Å². The van der Waals surface area contributed by atoms with Crippen molar-refractivity contribution >= 4 is 17.5 Å². The van der Waals surface area contributed by atoms with Crippen molar-refractivity contribution in [1.82, 2.24) is 9.88 Å². The SMILES string of the molecule is Cc1ccc(NC(=O)N2CCC(OC(F)(F)F)C2)cc1-c1cc(OC(C)(C)CO)nc(N2CCOCC2)c1. The van der Waals surface area contributed by atoms with E-state index >= 15 is 0 Å². The van der Waals surface area contributed by atoms with Crippen LogP contribution in [0.25, 0.3) is 11.1 Å². The molecule has 1 aromatic carbocycles. The second kappa shape index (κ2) is 11.3. The molecule has 0 saturated carbocycles. The molecule has 2 aliphatic heterocycles. The van der Waals surface area contributed by atoms with Gasteiger partial charge in [0.05, 0.1) is 25.9 Å². The van der Waals surface area contributed by atoms with Crippen molar-refractivity contribution in [2.45, 2.75) is 45.3 Å². The highest BCUT2D eigenvalue weighted by molar-refractivity contribution is 5.90. The standard InChI is InChI=1S/C26H33F3N4O5/c1-17-4-5-19(30-24(35)33-7-6-20(15-33)37-26(27,28)29)14-21(17)18-12-22(32-8-10-36-11-9-32)31-23(13-18)38-25(2,3)16-34/h4-5,12-14,20,34H,6-11,15-16H2,1-3H3,(H,30,35). The number of hydrogen-bond acceptors (Lipinski definition) is 7. The summed E-state index contributed by atoms with van der Waals surface area (Å²) in [7, 11) is 0. The molecule has 1 atom stereocenters. The van der Waals surface area contributed by atoms with Gasteiger partial charge in [-0.1, -0.05) is 6.07 Å². The van der Waals surface area contributed by atoms with E-state index in [-0.39, 0.29) is 26.1 Å². The molecule has 12 heteroatoms. The Labute approximate surface area is 219 Å². The van der Waals surface area contributed by atoms with Crippen molar-refractivity contribution in [3.8, 4) is 17.0 Å². The minimum Gasteiger partial charge on any atom is -0.469 e. The number of halogens is 3. The number of urea groups is 1. The lowest BCUT2D eigenvalue weighted by Crippen LogP contribution is -2.37. The zero-order valence-corrected chi connectivity index (χ0v) is 21.7. The number of alkyl halides is 3. The van der Waals surface area contributed by atoms with Crippen LogP contribution in [0.3, 0.4) is 0 Å². The monoisotopic (exact) mass is 538 g/mol. The number of ether oxygens (including phenoxy) is 3. The predicted molar refractivity (Wildman–Crippen MR) is 135 cm³/mol. The first-order valence-electron chi connectivity index (χ1n) is 12.5. The van der Waals surface area contributed by atoms with E-state index in [1.807, 2.05) is 25.1 Å². The van der Waals surface area contributed by atoms with E-state index in [1.165, 1.54) is 4.90 Å². The topological polar surface area (TPSA) is 96.4 Å². The number of likely N-dealkylation sites (tertiary alicyclic amines) is 1. The van der Waals surface area contributed by atoms with Crippen molar-refractivity contribution in [1.29, 1.82) is 0 Å². The Bertz CT molecular complexity index is 1140. The molecule has 0 radical (unpaired) electrons. The molecule has 1 aromatic heterocycles. The van der Waals surface area contributed by atoms with E-state index in [0.29, 0.717) is 43.7 Å². The molecule has 38 heavy (non-hydrogen) atoms. The van der Waals surface area contributed by atoms with Crippen LogP contribution in [-0.2, 0) is 9.47 Å². The fraction of sp³-hybridized carbons (Fsp3) is 0.538. The summed E-state index contributed by atoms with van der Waals surface area (Å²) in [5.41, 5.74) is 2.22. The van der Waals surface area contributed by atoms with Gasteiger partial charge in [-0.15, -0.1) is 13.2 Å². The molecule has 3 heterocycles. The quantitative estimate of drug-likeness (QED) is 0.546. The number of hydrogen-bond donors (Lipinski definition) is 2. The summed E-state index contributed by atoms with van der Waals surface area (Å²) in [5, 5.41) is 12.5. The molecule has 0 aliphatic carbocycles. The van der Waals surface area contributed by atoms with Crippen LogP contribution < -0.4 is 15.0 Å². The van der Waals surface area contributed by atoms with Gasteiger partial charge in [0.25, 0.3) is 0 Å². The molecule has 0 spiro atoms. The largest absolute Gasteiger partial charge is 0.522 e. The van der Waals surface area contributed by atoms with Gasteiger partial charge >= 0.3 is 12.4 Å². The summed E-state index contributed by atoms with van der Waals surface area (Å²) in [6, 6.07) is 8.65. The average molecular weight is 539 g/mol. The number of nitrogens with one attached hydrogen (secondary N) is 1. The Hall–Kier alpha value is -3.09. The fourth-order valence-electron chi connectivity index (χ4n) is 4.38. The summed E-state index contributed by atoms with van der Waals surface area (Å²) >= 11 is 0. The number of rotatable bonds is 7. The summed E-state index contributed by atoms with van der Waals surface area (Å²) in [4.78, 5) is 20.8. The first kappa shape index (κ1) is 27.9. The number of aryl methyl sites for hydroxylation is 1. The molecular weight excluding hydrogens is 505 g/mol. The predicted octanol–water partition coefficient (Wildman–Crippen LogP) is 4.19. The highest BCUT2D eigenvalue weighted by Crippen LogP contribution is 2.33. The van der Waals surface area contributed by atoms with E-state index < -0.39 is 24.1 Å². The van der Waals surface area contributed by atoms with E-state index in [0.717, 1.165) is 16.7 Å². The Morgan fingerprint density at radius 1 is 1.18 bits per heavy atom. The summed E-state index contributed by atoms with van der Waals surface area (Å²) in [6.07, 6.45) is -5.70. The van der Waals surface area contributed by atoms with Gasteiger partial charge in [0.15, 0.2) is 0 Å². The third-order valence-corrected chi connectivity index (χ3v) is 6.42. The second-order valence-corrected chi connectivity index (χ2v) is 10.1. The number of aromatic nitrogens is 1. The smallest absolute Gasteiger partial charge is 0.469 e. The van der Waals surface area contributed by atoms with Crippen molar-refractivity contribution in [2.75, 3.05) is 56.2 Å². The summed E-state index contributed by atoms with van der Waals surface area (Å²) in [6.45, 7) is 7.79. The summed E-state index contributed by atoms with van der Waals surface area (Å²) in [5.74, 6) is 1.06. The minimum atomic E-state index is -4.73. The van der Waals surface area contributed by atoms with Crippen LogP contribution >= 0.6 is 0 Å². The molecule has 2 aliphatic rings. The lowest BCUT2D eigenvalue weighted by Gasteiger charge is -2.30. The Morgan fingerprint density at radius 2 is 1.92 bits per heavy atom. The zero-order valence-electron chi connectivity index (χ0n) is 21.7. The number of carbonyl (C=O) groups is 1. The number of anilines is 2. The zero-order chi connectivity index (χ0) is 27.5. The van der Waals surface area contributed by atoms with E-state index in [4.69, 9.17) is 9.47 Å². The Balaban J connectivity index is 1.57. The Kier molecular flexibility index (Phi) is 8.34. The van der Waals surface area contributed by atoms with E-state index in [2.05, 4.69) is 19.9 Å². The lowest BCUT2D eigenvalue weighted by molar-refractivity contribution is -0.340. The van der Waals surface area contributed by atoms with E-state index in [9.17, 15) is 23.1 Å². The molecule has 2 aromatic rings. The van der Waals surface area contributed by atoms with Gasteiger partial charge in [0.2, 0.25) is 5.88 Å². The molecular formula is C26H33F3N4O5. The third-order valence-electron chi connectivity index (χ3n) is 6.42. The fourth-order valence-corrected chi connectivity index (χ4v) is 4.38. The van der Waals surface area contributed by atoms with Crippen LogP contribution in [0.15, 0.2) is 30.3 Å². The molecule has 2 N–H and O–H groups in total. The molecule has 0 bridgehead atoms. The maximum absolute atomic E-state index is 12.8. The molecule has 4 rings (SSSR count). The van der Waals surface area contributed by atoms with Crippen LogP contribution in [0.5, 0.6) is 5.88 Å². The van der Waals surface area contributed by atoms with Crippen molar-refractivity contribution in [3.05, 3.63) is 35.9 Å². The van der Waals surface area contributed by atoms with Gasteiger partial charge in [0.1, 0.15) is 11.4 Å². The van der Waals surface area contributed by atoms with Crippen molar-refractivity contribution < 1.29 is 37.3 Å². The van der Waals surface area contributed by atoms with Crippen LogP contribution in [0, 0.1) is 6.92 Å². The number of amides is 2. The van der Waals surface area contributed by atoms with Gasteiger partial charge in [-0.25, -0.2) is 4.79 Å². The number of carbonyl (C=O) groups excluding carboxylic acids is 1. The van der Waals surface area contributed by atoms with Crippen molar-refractivity contribution in [3.63, 3.8) is 0 Å². The number of aliphatic hydroxyl groups excluding tert-OH is 1. The first-order chi connectivity index (χ1) is 17.9. The Morgan fingerprint density at radius 3 is 2.61 bits per heavy atom. The average Bonchev–Trinajstić information content (AvgIpc) is 3.32. The number of aliphatic hydroxyl groups is 1. The molecule has 1 unspecified atom stereocenters. The number of morpholine rings is 1. The van der Waals surface area contributed by atoms with Crippen LogP contribution in [-0.4, -0.2) is 85.1 Å². The van der Waals surface area contributed by atoms with Crippen LogP contribution in [0.4, 0.5) is 29.5 Å². The number of benzene rings is 1. The van der Waals surface area contributed by atoms with Crippen LogP contribution in [0.1, 0.15) is 25.8 Å². The van der Waals surface area contributed by atoms with Gasteiger partial charge in [-0.2, -0.15) is 4.98 Å². The van der Waals surface area contributed by atoms with Gasteiger partial charge < -0.3 is 29.7 Å². The first-order valence-corrected chi connectivity index (χ1v) is 12.5. The molecule has 9 nitrogen and oxygen atoms in total. The minimum absolute atomic E-state index is 0.111. The van der Waals surface area contributed by atoms with Gasteiger partial charge in [-0.05, 0) is 62.1 Å². The number of nitrogens with zero attached hydrogens (tertiary/aromatic N) is 3. The maximum Gasteiger partial charge on any atom is 0.522 e. The van der Waals surface area contributed by atoms with Crippen LogP contribution in [0.2, 0.25) is 0 Å². The molecule has 2 amide bonds. The third kappa shape index (κ3) is 7.27. The van der Waals surface area contributed by atoms with Gasteiger partial charge in [0, 0.05) is 37.9 Å². The molecule has 2 fully saturated rings. The highest BCUT2D eigenvalue weighted by atomic mass is 19.4. The second-order valence-electron chi connectivity index (χ2n) is 10.1. The van der Waals surface area contributed by atoms with Crippen molar-refractivity contribution in [2.24, 2.45) is 0 Å². The maximum atomic E-state index is 12.8. The number of pyridine rings is 1. The highest BCUT2D eigenvalue weighted by Gasteiger charge is 2.37. The lowest BCUT2D eigenvalue weighted by atomic mass is 10.00. The summed E-state index contributed by atoms with van der Waals surface area (Å²) < 4.78 is 53.2. The van der Waals surface area contributed by atoms with Gasteiger partial charge in [-0.3, -0.25) is 4.74 Å². The molecule has 2 saturated heterocycles. The normalized spacial score (nSPS) is 18.6. The molecule has 208 valence electrons.